The number of benzene rings is 2. The fraction of sp³-hybridized carbons (Fsp3) is 0.0588. The molecule has 0 bridgehead atoms. The van der Waals surface area contributed by atoms with Crippen LogP contribution in [0.15, 0.2) is 54.1 Å². The van der Waals surface area contributed by atoms with Crippen LogP contribution in [0, 0.1) is 11.3 Å². The van der Waals surface area contributed by atoms with Crippen molar-refractivity contribution in [1.29, 1.82) is 5.26 Å². The first-order valence-electron chi connectivity index (χ1n) is 6.49. The molecule has 0 heterocycles. The van der Waals surface area contributed by atoms with Crippen molar-refractivity contribution in [2.24, 2.45) is 0 Å². The summed E-state index contributed by atoms with van der Waals surface area (Å²) in [7, 11) is 1.43. The van der Waals surface area contributed by atoms with Gasteiger partial charge in [0, 0.05) is 5.69 Å². The Bertz CT molecular complexity index is 746. The van der Waals surface area contributed by atoms with E-state index < -0.39 is 5.91 Å². The molecule has 0 spiro atoms. The number of rotatable bonds is 4. The van der Waals surface area contributed by atoms with Crippen molar-refractivity contribution < 1.29 is 14.6 Å². The number of anilines is 1. The molecule has 5 nitrogen and oxygen atoms in total. The van der Waals surface area contributed by atoms with E-state index >= 15 is 0 Å². The predicted octanol–water partition coefficient (Wildman–Crippen LogP) is 2.95. The first-order valence-corrected chi connectivity index (χ1v) is 6.49. The van der Waals surface area contributed by atoms with E-state index in [2.05, 4.69) is 5.32 Å². The number of phenolic OH excluding ortho intramolecular Hbond substituents is 1. The molecule has 0 aliphatic carbocycles. The van der Waals surface area contributed by atoms with Crippen LogP contribution in [0.25, 0.3) is 6.08 Å². The van der Waals surface area contributed by atoms with Crippen molar-refractivity contribution in [3.8, 4) is 17.6 Å². The minimum Gasteiger partial charge on any atom is -0.504 e. The van der Waals surface area contributed by atoms with Gasteiger partial charge in [-0.1, -0.05) is 24.3 Å². The molecule has 110 valence electrons. The zero-order valence-electron chi connectivity index (χ0n) is 11.9. The molecule has 0 atom stereocenters. The van der Waals surface area contributed by atoms with Gasteiger partial charge in [0.15, 0.2) is 11.5 Å². The molecule has 0 saturated heterocycles. The summed E-state index contributed by atoms with van der Waals surface area (Å²) in [6.45, 7) is 0. The third-order valence-electron chi connectivity index (χ3n) is 2.91. The van der Waals surface area contributed by atoms with Gasteiger partial charge in [-0.2, -0.15) is 5.26 Å². The number of carbonyl (C=O) groups is 1. The first kappa shape index (κ1) is 15.1. The number of carbonyl (C=O) groups excluding carboxylic acids is 1. The lowest BCUT2D eigenvalue weighted by Gasteiger charge is -2.05. The summed E-state index contributed by atoms with van der Waals surface area (Å²) in [5.41, 5.74) is 1.14. The zero-order chi connectivity index (χ0) is 15.9. The molecule has 0 radical (unpaired) electrons. The summed E-state index contributed by atoms with van der Waals surface area (Å²) in [6.07, 6.45) is 1.43. The van der Waals surface area contributed by atoms with E-state index in [0.717, 1.165) is 0 Å². The number of ether oxygens (including phenoxy) is 1. The van der Waals surface area contributed by atoms with Crippen LogP contribution in [0.1, 0.15) is 5.56 Å². The SMILES string of the molecule is COc1cc(/C=C(/C#N)C(=O)Nc2ccccc2)ccc1O. The van der Waals surface area contributed by atoms with Crippen molar-refractivity contribution in [3.63, 3.8) is 0 Å². The molecule has 0 aliphatic heterocycles. The Kier molecular flexibility index (Phi) is 4.78. The van der Waals surface area contributed by atoms with E-state index in [-0.39, 0.29) is 17.1 Å². The van der Waals surface area contributed by atoms with Crippen LogP contribution in [-0.4, -0.2) is 18.1 Å². The van der Waals surface area contributed by atoms with E-state index in [0.29, 0.717) is 11.3 Å². The number of para-hydroxylation sites is 1. The molecule has 1 amide bonds. The van der Waals surface area contributed by atoms with Crippen LogP contribution < -0.4 is 10.1 Å². The normalized spacial score (nSPS) is 10.6. The van der Waals surface area contributed by atoms with Gasteiger partial charge in [-0.25, -0.2) is 0 Å². The Balaban J connectivity index is 2.24. The standard InChI is InChI=1S/C17H14N2O3/c1-22-16-10-12(7-8-15(16)20)9-13(11-18)17(21)19-14-5-3-2-4-6-14/h2-10,20H,1H3,(H,19,21)/b13-9-. The van der Waals surface area contributed by atoms with E-state index in [1.54, 1.807) is 36.4 Å². The fourth-order valence-electron chi connectivity index (χ4n) is 1.82. The van der Waals surface area contributed by atoms with Gasteiger partial charge >= 0.3 is 0 Å². The van der Waals surface area contributed by atoms with Gasteiger partial charge in [0.2, 0.25) is 0 Å². The number of methoxy groups -OCH3 is 1. The highest BCUT2D eigenvalue weighted by molar-refractivity contribution is 6.09. The summed E-state index contributed by atoms with van der Waals surface area (Å²) < 4.78 is 4.99. The molecule has 0 aromatic heterocycles. The van der Waals surface area contributed by atoms with Crippen LogP contribution >= 0.6 is 0 Å². The maximum absolute atomic E-state index is 12.1. The van der Waals surface area contributed by atoms with Crippen LogP contribution in [0.3, 0.4) is 0 Å². The second-order valence-corrected chi connectivity index (χ2v) is 4.42. The number of nitrogens with zero attached hydrogens (tertiary/aromatic N) is 1. The van der Waals surface area contributed by atoms with Crippen molar-refractivity contribution in [3.05, 3.63) is 59.7 Å². The van der Waals surface area contributed by atoms with Gasteiger partial charge in [0.1, 0.15) is 11.6 Å². The molecular formula is C17H14N2O3. The largest absolute Gasteiger partial charge is 0.504 e. The Labute approximate surface area is 128 Å². The molecule has 0 saturated carbocycles. The van der Waals surface area contributed by atoms with Gasteiger partial charge in [0.05, 0.1) is 7.11 Å². The lowest BCUT2D eigenvalue weighted by molar-refractivity contribution is -0.112. The lowest BCUT2D eigenvalue weighted by atomic mass is 10.1. The Morgan fingerprint density at radius 3 is 2.64 bits per heavy atom. The molecule has 0 fully saturated rings. The number of nitrogens with one attached hydrogen (secondary N) is 1. The second-order valence-electron chi connectivity index (χ2n) is 4.42. The Hall–Kier alpha value is -3.26. The molecule has 2 N–H and O–H groups in total. The summed E-state index contributed by atoms with van der Waals surface area (Å²) in [5.74, 6) is -0.234. The summed E-state index contributed by atoms with van der Waals surface area (Å²) in [4.78, 5) is 12.1. The smallest absolute Gasteiger partial charge is 0.266 e. The lowest BCUT2D eigenvalue weighted by Crippen LogP contribution is -2.13. The van der Waals surface area contributed by atoms with E-state index in [9.17, 15) is 9.90 Å². The van der Waals surface area contributed by atoms with Gasteiger partial charge in [-0.05, 0) is 35.9 Å². The van der Waals surface area contributed by atoms with E-state index in [4.69, 9.17) is 10.00 Å². The van der Waals surface area contributed by atoms with Crippen molar-refractivity contribution in [2.45, 2.75) is 0 Å². The van der Waals surface area contributed by atoms with Crippen molar-refractivity contribution in [2.75, 3.05) is 12.4 Å². The molecule has 2 aromatic rings. The molecule has 2 aromatic carbocycles. The molecule has 0 unspecified atom stereocenters. The maximum Gasteiger partial charge on any atom is 0.266 e. The first-order chi connectivity index (χ1) is 10.6. The van der Waals surface area contributed by atoms with Gasteiger partial charge in [0.25, 0.3) is 5.91 Å². The highest BCUT2D eigenvalue weighted by Crippen LogP contribution is 2.27. The number of phenols is 1. The molecular weight excluding hydrogens is 280 g/mol. The van der Waals surface area contributed by atoms with Gasteiger partial charge in [-0.3, -0.25) is 4.79 Å². The summed E-state index contributed by atoms with van der Waals surface area (Å²) in [5, 5.41) is 21.3. The van der Waals surface area contributed by atoms with E-state index in [1.165, 1.54) is 19.3 Å². The molecule has 22 heavy (non-hydrogen) atoms. The van der Waals surface area contributed by atoms with Crippen molar-refractivity contribution in [1.82, 2.24) is 0 Å². The highest BCUT2D eigenvalue weighted by atomic mass is 16.5. The molecule has 2 rings (SSSR count). The number of nitriles is 1. The fourth-order valence-corrected chi connectivity index (χ4v) is 1.82. The topological polar surface area (TPSA) is 82.3 Å². The third-order valence-corrected chi connectivity index (χ3v) is 2.91. The Morgan fingerprint density at radius 2 is 2.00 bits per heavy atom. The highest BCUT2D eigenvalue weighted by Gasteiger charge is 2.10. The average molecular weight is 294 g/mol. The second kappa shape index (κ2) is 6.95. The van der Waals surface area contributed by atoms with Gasteiger partial charge < -0.3 is 15.2 Å². The van der Waals surface area contributed by atoms with Crippen LogP contribution in [-0.2, 0) is 4.79 Å². The van der Waals surface area contributed by atoms with Crippen LogP contribution in [0.2, 0.25) is 0 Å². The molecule has 0 aliphatic rings. The van der Waals surface area contributed by atoms with Crippen LogP contribution in [0.4, 0.5) is 5.69 Å². The quantitative estimate of drug-likeness (QED) is 0.671. The van der Waals surface area contributed by atoms with Crippen molar-refractivity contribution >= 4 is 17.7 Å². The summed E-state index contributed by atoms with van der Waals surface area (Å²) >= 11 is 0. The van der Waals surface area contributed by atoms with E-state index in [1.807, 2.05) is 12.1 Å². The van der Waals surface area contributed by atoms with Crippen LogP contribution in [0.5, 0.6) is 11.5 Å². The Morgan fingerprint density at radius 1 is 1.27 bits per heavy atom. The minimum absolute atomic E-state index is 0.00750. The third kappa shape index (κ3) is 3.64. The number of amides is 1. The zero-order valence-corrected chi connectivity index (χ0v) is 11.9. The average Bonchev–Trinajstić information content (AvgIpc) is 2.54. The summed E-state index contributed by atoms with van der Waals surface area (Å²) in [6, 6.07) is 15.3. The number of hydrogen-bond acceptors (Lipinski definition) is 4. The monoisotopic (exact) mass is 294 g/mol. The maximum atomic E-state index is 12.1. The van der Waals surface area contributed by atoms with Gasteiger partial charge in [-0.15, -0.1) is 0 Å². The molecule has 5 heteroatoms. The predicted molar refractivity (Wildman–Crippen MR) is 83.3 cm³/mol. The number of hydrogen-bond donors (Lipinski definition) is 2. The number of aromatic hydroxyl groups is 1. The minimum atomic E-state index is -0.499.